The number of rotatable bonds is 4. The Labute approximate surface area is 267 Å². The number of fused-ring (bicyclic) bond motifs is 5. The number of aromatic nitrogens is 1. The normalized spacial score (nSPS) is 15.1. The van der Waals surface area contributed by atoms with E-state index in [2.05, 4.69) is 187 Å². The van der Waals surface area contributed by atoms with Crippen molar-refractivity contribution in [2.45, 2.75) is 0 Å². The van der Waals surface area contributed by atoms with Gasteiger partial charge in [-0.25, -0.2) is 0 Å². The predicted octanol–water partition coefficient (Wildman–Crippen LogP) is 6.23. The number of hydrogen-bond acceptors (Lipinski definition) is 0. The molecule has 1 aliphatic heterocycles. The molecule has 212 valence electrons. The number of nitrogens with zero attached hydrogens (tertiary/aromatic N) is 1. The summed E-state index contributed by atoms with van der Waals surface area (Å²) >= 11 is -3.51. The molecule has 45 heavy (non-hydrogen) atoms. The first kappa shape index (κ1) is 26.7. The topological polar surface area (TPSA) is 4.93 Å². The van der Waals surface area contributed by atoms with Gasteiger partial charge < -0.3 is 0 Å². The van der Waals surface area contributed by atoms with Crippen LogP contribution in [0.25, 0.3) is 27.5 Å². The fourth-order valence-corrected chi connectivity index (χ4v) is 23.4. The van der Waals surface area contributed by atoms with Gasteiger partial charge in [-0.3, -0.25) is 0 Å². The van der Waals surface area contributed by atoms with Crippen molar-refractivity contribution >= 4 is 76.5 Å². The quantitative estimate of drug-likeness (QED) is 0.157. The van der Waals surface area contributed by atoms with Gasteiger partial charge in [0.2, 0.25) is 0 Å². The van der Waals surface area contributed by atoms with E-state index < -0.39 is 21.2 Å². The molecular formula is C42H30GeNP. The summed E-state index contributed by atoms with van der Waals surface area (Å²) in [5.74, 6) is 0. The zero-order chi connectivity index (χ0) is 29.8. The van der Waals surface area contributed by atoms with Gasteiger partial charge in [0, 0.05) is 0 Å². The molecule has 0 N–H and O–H groups in total. The minimum absolute atomic E-state index is 0.739. The van der Waals surface area contributed by atoms with E-state index in [9.17, 15) is 0 Å². The van der Waals surface area contributed by atoms with Crippen molar-refractivity contribution in [1.82, 2.24) is 4.57 Å². The Morgan fingerprint density at radius 1 is 0.400 bits per heavy atom. The van der Waals surface area contributed by atoms with E-state index in [4.69, 9.17) is 0 Å². The molecule has 0 fully saturated rings. The Morgan fingerprint density at radius 2 is 0.889 bits per heavy atom. The van der Waals surface area contributed by atoms with E-state index in [1.807, 2.05) is 0 Å². The van der Waals surface area contributed by atoms with Crippen LogP contribution in [0.5, 0.6) is 0 Å². The molecule has 0 saturated carbocycles. The Hall–Kier alpha value is -4.69. The first-order valence-electron chi connectivity index (χ1n) is 15.5. The van der Waals surface area contributed by atoms with Gasteiger partial charge in [0.25, 0.3) is 0 Å². The first-order chi connectivity index (χ1) is 22.4. The second-order valence-electron chi connectivity index (χ2n) is 11.7. The second kappa shape index (κ2) is 10.7. The van der Waals surface area contributed by atoms with E-state index >= 15 is 0 Å². The van der Waals surface area contributed by atoms with Crippen molar-refractivity contribution in [2.24, 2.45) is 0 Å². The molecule has 0 saturated heterocycles. The van der Waals surface area contributed by atoms with Gasteiger partial charge in [-0.1, -0.05) is 0 Å². The third kappa shape index (κ3) is 3.98. The van der Waals surface area contributed by atoms with Crippen LogP contribution in [-0.4, -0.2) is 17.8 Å². The molecule has 0 spiro atoms. The van der Waals surface area contributed by atoms with Gasteiger partial charge in [0.1, 0.15) is 0 Å². The van der Waals surface area contributed by atoms with E-state index in [1.165, 1.54) is 52.2 Å². The molecule has 1 nitrogen and oxygen atoms in total. The molecule has 1 unspecified atom stereocenters. The standard InChI is InChI=1S/C42H30GeNP/c1-4-16-31(17-5-1)43(32-18-6-2-7-19-32)37-24-12-15-27-41(37)45(34-20-8-3-9-21-34)42-29-28-33(30-38(42)43)44-39-25-13-10-22-35(39)36-23-11-14-26-40(36)44/h1-30H. The van der Waals surface area contributed by atoms with Crippen LogP contribution in [0.1, 0.15) is 0 Å². The molecule has 9 rings (SSSR count). The Bertz CT molecular complexity index is 2230. The molecule has 8 aromatic rings. The summed E-state index contributed by atoms with van der Waals surface area (Å²) in [6, 6.07) is 68.6. The molecule has 1 aliphatic rings. The van der Waals surface area contributed by atoms with Crippen LogP contribution in [0.4, 0.5) is 0 Å². The van der Waals surface area contributed by atoms with Crippen LogP contribution in [0.2, 0.25) is 0 Å². The van der Waals surface area contributed by atoms with E-state index in [0.717, 1.165) is 0 Å². The molecule has 0 bridgehead atoms. The second-order valence-corrected chi connectivity index (χ2v) is 21.7. The summed E-state index contributed by atoms with van der Waals surface area (Å²) in [5.41, 5.74) is 3.73. The molecule has 3 heteroatoms. The molecule has 1 atom stereocenters. The van der Waals surface area contributed by atoms with Crippen LogP contribution in [0.3, 0.4) is 0 Å². The third-order valence-electron chi connectivity index (χ3n) is 9.44. The van der Waals surface area contributed by atoms with Crippen LogP contribution in [-0.2, 0) is 0 Å². The molecule has 2 heterocycles. The SMILES string of the molecule is c1ccc(P2c3cccc[c]3[Ge]([c]3ccccc3)([c]3ccccc3)[c]3cc(-n4c5ccccc5c5ccccc54)ccc32)cc1. The van der Waals surface area contributed by atoms with Crippen LogP contribution in [0, 0.1) is 0 Å². The zero-order valence-electron chi connectivity index (χ0n) is 24.7. The van der Waals surface area contributed by atoms with Gasteiger partial charge in [-0.05, 0) is 0 Å². The summed E-state index contributed by atoms with van der Waals surface area (Å²) in [6.45, 7) is 0. The average Bonchev–Trinajstić information content (AvgIpc) is 3.46. The molecule has 7 aromatic carbocycles. The molecule has 0 radical (unpaired) electrons. The summed E-state index contributed by atoms with van der Waals surface area (Å²) in [4.78, 5) is 0. The third-order valence-corrected chi connectivity index (χ3v) is 23.1. The molecule has 0 aliphatic carbocycles. The fraction of sp³-hybridized carbons (Fsp3) is 0. The van der Waals surface area contributed by atoms with Crippen LogP contribution < -0.4 is 33.5 Å². The first-order valence-corrected chi connectivity index (χ1v) is 21.1. The monoisotopic (exact) mass is 653 g/mol. The Kier molecular flexibility index (Phi) is 6.37. The van der Waals surface area contributed by atoms with E-state index in [1.54, 1.807) is 8.79 Å². The van der Waals surface area contributed by atoms with Crippen molar-refractivity contribution in [1.29, 1.82) is 0 Å². The van der Waals surface area contributed by atoms with Gasteiger partial charge in [-0.15, -0.1) is 0 Å². The maximum atomic E-state index is 2.59. The Balaban J connectivity index is 1.45. The van der Waals surface area contributed by atoms with Crippen molar-refractivity contribution in [3.63, 3.8) is 0 Å². The van der Waals surface area contributed by atoms with Gasteiger partial charge in [0.05, 0.1) is 0 Å². The molecule has 0 amide bonds. The molecular weight excluding hydrogens is 622 g/mol. The number of benzene rings is 7. The minimum atomic E-state index is -3.51. The van der Waals surface area contributed by atoms with E-state index in [-0.39, 0.29) is 0 Å². The van der Waals surface area contributed by atoms with Crippen LogP contribution in [0.15, 0.2) is 182 Å². The fourth-order valence-electron chi connectivity index (χ4n) is 7.64. The van der Waals surface area contributed by atoms with Crippen LogP contribution >= 0.6 is 7.92 Å². The van der Waals surface area contributed by atoms with Gasteiger partial charge in [-0.2, -0.15) is 0 Å². The summed E-state index contributed by atoms with van der Waals surface area (Å²) in [5, 5.41) is 6.99. The van der Waals surface area contributed by atoms with Gasteiger partial charge in [0.15, 0.2) is 0 Å². The number of hydrogen-bond donors (Lipinski definition) is 0. The predicted molar refractivity (Wildman–Crippen MR) is 197 cm³/mol. The summed E-state index contributed by atoms with van der Waals surface area (Å²) < 4.78 is 8.52. The van der Waals surface area contributed by atoms with Gasteiger partial charge >= 0.3 is 269 Å². The van der Waals surface area contributed by atoms with Crippen molar-refractivity contribution in [2.75, 3.05) is 0 Å². The summed E-state index contributed by atoms with van der Waals surface area (Å²) in [6.07, 6.45) is 0. The van der Waals surface area contributed by atoms with Crippen molar-refractivity contribution in [3.05, 3.63) is 182 Å². The van der Waals surface area contributed by atoms with Crippen molar-refractivity contribution < 1.29 is 0 Å². The maximum absolute atomic E-state index is 3.51. The summed E-state index contributed by atoms with van der Waals surface area (Å²) in [7, 11) is -0.739. The molecule has 1 aromatic heterocycles. The van der Waals surface area contributed by atoms with E-state index in [0.29, 0.717) is 0 Å². The number of para-hydroxylation sites is 2. The Morgan fingerprint density at radius 3 is 1.51 bits per heavy atom. The zero-order valence-corrected chi connectivity index (χ0v) is 27.7. The van der Waals surface area contributed by atoms with Crippen molar-refractivity contribution in [3.8, 4) is 5.69 Å². The average molecular weight is 652 g/mol.